The van der Waals surface area contributed by atoms with Crippen molar-refractivity contribution in [3.63, 3.8) is 0 Å². The Labute approximate surface area is 128 Å². The van der Waals surface area contributed by atoms with Crippen molar-refractivity contribution in [2.24, 2.45) is 0 Å². The minimum atomic E-state index is -3.28. The number of nitrogens with one attached hydrogen (secondary N) is 2. The van der Waals surface area contributed by atoms with Gasteiger partial charge in [-0.25, -0.2) is 17.5 Å². The number of fused-ring (bicyclic) bond motifs is 1. The van der Waals surface area contributed by atoms with Crippen LogP contribution in [0.3, 0.4) is 0 Å². The van der Waals surface area contributed by atoms with E-state index in [4.69, 9.17) is 0 Å². The van der Waals surface area contributed by atoms with Gasteiger partial charge in [-0.05, 0) is 30.7 Å². The van der Waals surface area contributed by atoms with Crippen molar-refractivity contribution in [1.82, 2.24) is 14.6 Å². The molecule has 120 valence electrons. The van der Waals surface area contributed by atoms with Crippen molar-refractivity contribution in [2.75, 3.05) is 26.4 Å². The van der Waals surface area contributed by atoms with E-state index in [9.17, 15) is 17.6 Å². The number of likely N-dealkylation sites (N-methyl/N-ethyl adjacent to an activating group) is 1. The van der Waals surface area contributed by atoms with Crippen LogP contribution in [0, 0.1) is 12.7 Å². The Kier molecular flexibility index (Phi) is 4.52. The molecule has 0 saturated carbocycles. The first-order valence-electron chi connectivity index (χ1n) is 6.66. The number of nitrogens with zero attached hydrogens (tertiary/aromatic N) is 1. The number of aromatic amines is 1. The number of aromatic nitrogens is 1. The van der Waals surface area contributed by atoms with Crippen molar-refractivity contribution in [1.29, 1.82) is 0 Å². The third-order valence-corrected chi connectivity index (χ3v) is 4.03. The highest BCUT2D eigenvalue weighted by Gasteiger charge is 2.16. The molecule has 2 rings (SSSR count). The van der Waals surface area contributed by atoms with Crippen LogP contribution < -0.4 is 4.72 Å². The van der Waals surface area contributed by atoms with E-state index in [1.807, 2.05) is 0 Å². The minimum absolute atomic E-state index is 0.134. The third-order valence-electron chi connectivity index (χ3n) is 3.30. The van der Waals surface area contributed by atoms with Crippen LogP contribution in [0.5, 0.6) is 0 Å². The zero-order valence-electron chi connectivity index (χ0n) is 12.6. The number of sulfonamides is 1. The van der Waals surface area contributed by atoms with Gasteiger partial charge >= 0.3 is 0 Å². The number of carbonyl (C=O) groups excluding carboxylic acids is 1. The molecule has 6 nitrogen and oxygen atoms in total. The predicted molar refractivity (Wildman–Crippen MR) is 82.8 cm³/mol. The fourth-order valence-electron chi connectivity index (χ4n) is 2.20. The van der Waals surface area contributed by atoms with Crippen molar-refractivity contribution in [3.8, 4) is 0 Å². The van der Waals surface area contributed by atoms with Gasteiger partial charge in [-0.15, -0.1) is 0 Å². The van der Waals surface area contributed by atoms with Crippen LogP contribution in [-0.2, 0) is 10.0 Å². The van der Waals surface area contributed by atoms with Crippen LogP contribution in [0.4, 0.5) is 4.39 Å². The summed E-state index contributed by atoms with van der Waals surface area (Å²) in [6.07, 6.45) is 1.06. The van der Waals surface area contributed by atoms with Crippen LogP contribution in [0.2, 0.25) is 0 Å². The fourth-order valence-corrected chi connectivity index (χ4v) is 2.66. The third kappa shape index (κ3) is 3.83. The van der Waals surface area contributed by atoms with Gasteiger partial charge in [0.25, 0.3) is 5.91 Å². The first-order chi connectivity index (χ1) is 10.2. The maximum absolute atomic E-state index is 13.4. The normalized spacial score (nSPS) is 11.8. The van der Waals surface area contributed by atoms with E-state index in [0.29, 0.717) is 11.2 Å². The summed E-state index contributed by atoms with van der Waals surface area (Å²) in [4.78, 5) is 16.6. The lowest BCUT2D eigenvalue weighted by Gasteiger charge is -2.16. The Balaban J connectivity index is 2.14. The second-order valence-electron chi connectivity index (χ2n) is 5.26. The summed E-state index contributed by atoms with van der Waals surface area (Å²) in [7, 11) is -1.70. The molecule has 0 unspecified atom stereocenters. The lowest BCUT2D eigenvalue weighted by atomic mass is 10.1. The Hall–Kier alpha value is -1.93. The van der Waals surface area contributed by atoms with Gasteiger partial charge in [0.05, 0.1) is 6.26 Å². The van der Waals surface area contributed by atoms with Gasteiger partial charge in [-0.3, -0.25) is 4.79 Å². The molecule has 2 N–H and O–H groups in total. The lowest BCUT2D eigenvalue weighted by Crippen LogP contribution is -2.35. The highest BCUT2D eigenvalue weighted by atomic mass is 32.2. The Bertz CT molecular complexity index is 814. The average molecular weight is 327 g/mol. The number of H-pyrrole nitrogens is 1. The number of hydrogen-bond acceptors (Lipinski definition) is 3. The van der Waals surface area contributed by atoms with Gasteiger partial charge in [-0.2, -0.15) is 0 Å². The van der Waals surface area contributed by atoms with Crippen molar-refractivity contribution >= 4 is 26.8 Å². The van der Waals surface area contributed by atoms with E-state index in [2.05, 4.69) is 9.71 Å². The topological polar surface area (TPSA) is 82.3 Å². The van der Waals surface area contributed by atoms with Crippen molar-refractivity contribution in [3.05, 3.63) is 35.3 Å². The van der Waals surface area contributed by atoms with Crippen molar-refractivity contribution in [2.45, 2.75) is 6.92 Å². The molecule has 0 saturated heterocycles. The number of carbonyl (C=O) groups is 1. The Morgan fingerprint density at radius 2 is 2.05 bits per heavy atom. The molecule has 1 aromatic carbocycles. The second-order valence-corrected chi connectivity index (χ2v) is 7.09. The highest BCUT2D eigenvalue weighted by molar-refractivity contribution is 7.88. The molecule has 0 radical (unpaired) electrons. The molecule has 0 bridgehead atoms. The molecule has 8 heteroatoms. The lowest BCUT2D eigenvalue weighted by molar-refractivity contribution is 0.0793. The molecule has 0 atom stereocenters. The van der Waals surface area contributed by atoms with Gasteiger partial charge in [0.2, 0.25) is 10.0 Å². The molecule has 0 aliphatic heterocycles. The van der Waals surface area contributed by atoms with Crippen LogP contribution >= 0.6 is 0 Å². The fraction of sp³-hybridized carbons (Fsp3) is 0.357. The number of hydrogen-bond donors (Lipinski definition) is 2. The van der Waals surface area contributed by atoms with Gasteiger partial charge in [0, 0.05) is 31.0 Å². The molecule has 22 heavy (non-hydrogen) atoms. The second kappa shape index (κ2) is 6.05. The number of rotatable bonds is 5. The molecule has 1 amide bonds. The summed E-state index contributed by atoms with van der Waals surface area (Å²) in [5.74, 6) is -0.650. The SMILES string of the molecule is Cc1cc(F)cc2[nH]c(C(=O)N(C)CCNS(C)(=O)=O)cc12. The highest BCUT2D eigenvalue weighted by Crippen LogP contribution is 2.21. The Morgan fingerprint density at radius 1 is 1.36 bits per heavy atom. The largest absolute Gasteiger partial charge is 0.350 e. The van der Waals surface area contributed by atoms with E-state index < -0.39 is 10.0 Å². The van der Waals surface area contributed by atoms with E-state index in [0.717, 1.165) is 17.2 Å². The molecule has 0 aliphatic carbocycles. The zero-order chi connectivity index (χ0) is 16.5. The van der Waals surface area contributed by atoms with E-state index >= 15 is 0 Å². The smallest absolute Gasteiger partial charge is 0.270 e. The number of amides is 1. The summed E-state index contributed by atoms with van der Waals surface area (Å²) in [5.41, 5.74) is 1.64. The first kappa shape index (κ1) is 16.4. The van der Waals surface area contributed by atoms with Gasteiger partial charge < -0.3 is 9.88 Å². The van der Waals surface area contributed by atoms with Gasteiger partial charge in [-0.1, -0.05) is 0 Å². The van der Waals surface area contributed by atoms with Crippen molar-refractivity contribution < 1.29 is 17.6 Å². The molecular weight excluding hydrogens is 309 g/mol. The number of aryl methyl sites for hydroxylation is 1. The predicted octanol–water partition coefficient (Wildman–Crippen LogP) is 1.24. The zero-order valence-corrected chi connectivity index (χ0v) is 13.4. The molecule has 2 aromatic rings. The summed E-state index contributed by atoms with van der Waals surface area (Å²) >= 11 is 0. The van der Waals surface area contributed by atoms with E-state index in [1.165, 1.54) is 17.0 Å². The molecular formula is C14H18FN3O3S. The minimum Gasteiger partial charge on any atom is -0.350 e. The monoisotopic (exact) mass is 327 g/mol. The molecule has 0 aliphatic rings. The summed E-state index contributed by atoms with van der Waals surface area (Å²) in [6, 6.07) is 4.42. The van der Waals surface area contributed by atoms with Crippen LogP contribution in [0.1, 0.15) is 16.1 Å². The Morgan fingerprint density at radius 3 is 2.68 bits per heavy atom. The van der Waals surface area contributed by atoms with Gasteiger partial charge in [0.15, 0.2) is 0 Å². The molecule has 1 heterocycles. The van der Waals surface area contributed by atoms with Crippen LogP contribution in [-0.4, -0.2) is 50.6 Å². The first-order valence-corrected chi connectivity index (χ1v) is 8.55. The number of benzene rings is 1. The molecule has 0 fully saturated rings. The summed E-state index contributed by atoms with van der Waals surface area (Å²) < 4.78 is 37.7. The number of halogens is 1. The average Bonchev–Trinajstić information content (AvgIpc) is 2.80. The summed E-state index contributed by atoms with van der Waals surface area (Å²) in [5, 5.41) is 0.785. The van der Waals surface area contributed by atoms with E-state index in [-0.39, 0.29) is 24.8 Å². The standard InChI is InChI=1S/C14H18FN3O3S/c1-9-6-10(15)7-12-11(9)8-13(17-12)14(19)18(2)5-4-16-22(3,20)21/h6-8,16-17H,4-5H2,1-3H3. The van der Waals surface area contributed by atoms with Crippen LogP contribution in [0.15, 0.2) is 18.2 Å². The maximum Gasteiger partial charge on any atom is 0.270 e. The maximum atomic E-state index is 13.4. The summed E-state index contributed by atoms with van der Waals surface area (Å²) in [6.45, 7) is 2.14. The quantitative estimate of drug-likeness (QED) is 0.867. The molecule has 0 spiro atoms. The van der Waals surface area contributed by atoms with Crippen LogP contribution in [0.25, 0.3) is 10.9 Å². The molecule has 1 aromatic heterocycles. The van der Waals surface area contributed by atoms with E-state index in [1.54, 1.807) is 20.0 Å². The van der Waals surface area contributed by atoms with Gasteiger partial charge in [0.1, 0.15) is 11.5 Å².